The number of halogens is 1. The molecular formula is C12H13ClN2O3S. The summed E-state index contributed by atoms with van der Waals surface area (Å²) in [7, 11) is 3.14. The van der Waals surface area contributed by atoms with Crippen molar-refractivity contribution in [2.75, 3.05) is 7.11 Å². The fourth-order valence-electron chi connectivity index (χ4n) is 1.63. The fraction of sp³-hybridized carbons (Fsp3) is 0.250. The quantitative estimate of drug-likeness (QED) is 0.793. The molecule has 0 aliphatic carbocycles. The van der Waals surface area contributed by atoms with Gasteiger partial charge in [0, 0.05) is 23.4 Å². The van der Waals surface area contributed by atoms with Crippen LogP contribution in [0.3, 0.4) is 0 Å². The van der Waals surface area contributed by atoms with Crippen LogP contribution in [0.1, 0.15) is 5.56 Å². The van der Waals surface area contributed by atoms with Crippen LogP contribution in [0.5, 0.6) is 5.75 Å². The summed E-state index contributed by atoms with van der Waals surface area (Å²) in [6.45, 7) is 0.582. The van der Waals surface area contributed by atoms with Crippen LogP contribution in [0.15, 0.2) is 41.6 Å². The number of benzene rings is 1. The van der Waals surface area contributed by atoms with Crippen LogP contribution in [0, 0.1) is 0 Å². The highest BCUT2D eigenvalue weighted by atomic mass is 35.7. The van der Waals surface area contributed by atoms with E-state index in [2.05, 4.69) is 5.10 Å². The first-order valence-corrected chi connectivity index (χ1v) is 7.90. The molecular weight excluding hydrogens is 288 g/mol. The molecule has 1 aromatic heterocycles. The third kappa shape index (κ3) is 3.71. The largest absolute Gasteiger partial charge is 0.497 e. The van der Waals surface area contributed by atoms with Gasteiger partial charge in [0.25, 0.3) is 9.05 Å². The van der Waals surface area contributed by atoms with Crippen LogP contribution in [-0.4, -0.2) is 25.3 Å². The average molecular weight is 301 g/mol. The smallest absolute Gasteiger partial charge is 0.264 e. The van der Waals surface area contributed by atoms with Crippen molar-refractivity contribution in [3.05, 3.63) is 42.2 Å². The molecule has 0 spiro atoms. The summed E-state index contributed by atoms with van der Waals surface area (Å²) in [5.41, 5.74) is 1.12. The van der Waals surface area contributed by atoms with E-state index in [1.165, 1.54) is 12.4 Å². The Labute approximate surface area is 116 Å². The first-order chi connectivity index (χ1) is 8.99. The Bertz CT molecular complexity index is 650. The van der Waals surface area contributed by atoms with E-state index in [0.717, 1.165) is 17.7 Å². The summed E-state index contributed by atoms with van der Waals surface area (Å²) in [6.07, 6.45) is 3.41. The zero-order chi connectivity index (χ0) is 13.9. The van der Waals surface area contributed by atoms with Gasteiger partial charge in [-0.25, -0.2) is 8.42 Å². The zero-order valence-corrected chi connectivity index (χ0v) is 11.9. The van der Waals surface area contributed by atoms with Crippen molar-refractivity contribution in [3.63, 3.8) is 0 Å². The van der Waals surface area contributed by atoms with Crippen molar-refractivity contribution >= 4 is 19.7 Å². The molecule has 0 aliphatic rings. The van der Waals surface area contributed by atoms with E-state index in [0.29, 0.717) is 6.54 Å². The van der Waals surface area contributed by atoms with Gasteiger partial charge in [-0.2, -0.15) is 5.10 Å². The van der Waals surface area contributed by atoms with E-state index in [4.69, 9.17) is 15.4 Å². The summed E-state index contributed by atoms with van der Waals surface area (Å²) in [4.78, 5) is 0.0175. The van der Waals surface area contributed by atoms with Gasteiger partial charge in [-0.15, -0.1) is 0 Å². The predicted molar refractivity (Wildman–Crippen MR) is 72.0 cm³/mol. The summed E-state index contributed by atoms with van der Waals surface area (Å²) in [6, 6.07) is 7.68. The molecule has 2 aromatic rings. The number of aryl methyl sites for hydroxylation is 2. The second kappa shape index (κ2) is 5.63. The summed E-state index contributed by atoms with van der Waals surface area (Å²) < 4.78 is 28.8. The van der Waals surface area contributed by atoms with Crippen LogP contribution in [0.25, 0.3) is 0 Å². The van der Waals surface area contributed by atoms with Gasteiger partial charge >= 0.3 is 0 Å². The molecule has 19 heavy (non-hydrogen) atoms. The fourth-order valence-corrected chi connectivity index (χ4v) is 2.29. The van der Waals surface area contributed by atoms with Gasteiger partial charge in [-0.05, 0) is 24.1 Å². The minimum atomic E-state index is -3.70. The lowest BCUT2D eigenvalue weighted by Crippen LogP contribution is -2.01. The minimum Gasteiger partial charge on any atom is -0.497 e. The third-order valence-corrected chi connectivity index (χ3v) is 3.99. The first-order valence-electron chi connectivity index (χ1n) is 5.59. The lowest BCUT2D eigenvalue weighted by atomic mass is 10.1. The second-order valence-electron chi connectivity index (χ2n) is 3.98. The Balaban J connectivity index is 2.00. The van der Waals surface area contributed by atoms with Gasteiger partial charge in [0.15, 0.2) is 0 Å². The molecule has 0 radical (unpaired) electrons. The molecule has 0 saturated heterocycles. The Morgan fingerprint density at radius 3 is 2.53 bits per heavy atom. The van der Waals surface area contributed by atoms with Crippen LogP contribution in [0.4, 0.5) is 0 Å². The van der Waals surface area contributed by atoms with Crippen LogP contribution < -0.4 is 4.74 Å². The first kappa shape index (κ1) is 13.9. The molecule has 1 heterocycles. The molecule has 102 valence electrons. The second-order valence-corrected chi connectivity index (χ2v) is 6.54. The van der Waals surface area contributed by atoms with Gasteiger partial charge in [-0.3, -0.25) is 4.68 Å². The summed E-state index contributed by atoms with van der Waals surface area (Å²) in [5, 5.41) is 3.96. The lowest BCUT2D eigenvalue weighted by molar-refractivity contribution is 0.414. The molecule has 7 heteroatoms. The number of ether oxygens (including phenoxy) is 1. The Morgan fingerprint density at radius 2 is 2.00 bits per heavy atom. The summed E-state index contributed by atoms with van der Waals surface area (Å²) >= 11 is 0. The maximum Gasteiger partial charge on any atom is 0.264 e. The van der Waals surface area contributed by atoms with Crippen LogP contribution in [0.2, 0.25) is 0 Å². The van der Waals surface area contributed by atoms with E-state index in [9.17, 15) is 8.42 Å². The van der Waals surface area contributed by atoms with E-state index in [-0.39, 0.29) is 4.90 Å². The van der Waals surface area contributed by atoms with Crippen molar-refractivity contribution < 1.29 is 13.2 Å². The number of hydrogen-bond donors (Lipinski definition) is 0. The highest BCUT2D eigenvalue weighted by Gasteiger charge is 2.12. The molecule has 0 unspecified atom stereocenters. The molecule has 5 nitrogen and oxygen atoms in total. The average Bonchev–Trinajstić information content (AvgIpc) is 2.86. The van der Waals surface area contributed by atoms with Gasteiger partial charge in [-0.1, -0.05) is 12.1 Å². The molecule has 2 rings (SSSR count). The SMILES string of the molecule is COc1ccc(CCn2cc(S(=O)(=O)Cl)cn2)cc1. The Kier molecular flexibility index (Phi) is 4.11. The standard InChI is InChI=1S/C12H13ClN2O3S/c1-18-11-4-2-10(3-5-11)6-7-15-9-12(8-14-15)19(13,16)17/h2-5,8-9H,6-7H2,1H3. The van der Waals surface area contributed by atoms with Gasteiger partial charge in [0.05, 0.1) is 13.3 Å². The highest BCUT2D eigenvalue weighted by Crippen LogP contribution is 2.14. The molecule has 0 bridgehead atoms. The van der Waals surface area contributed by atoms with Gasteiger partial charge < -0.3 is 4.74 Å². The van der Waals surface area contributed by atoms with Crippen LogP contribution in [-0.2, 0) is 22.0 Å². The van der Waals surface area contributed by atoms with Crippen molar-refractivity contribution in [1.29, 1.82) is 0 Å². The summed E-state index contributed by atoms with van der Waals surface area (Å²) in [5.74, 6) is 0.804. The zero-order valence-electron chi connectivity index (χ0n) is 10.3. The van der Waals surface area contributed by atoms with Crippen molar-refractivity contribution in [2.45, 2.75) is 17.9 Å². The molecule has 0 N–H and O–H groups in total. The van der Waals surface area contributed by atoms with Crippen LogP contribution >= 0.6 is 10.7 Å². The topological polar surface area (TPSA) is 61.2 Å². The molecule has 0 amide bonds. The van der Waals surface area contributed by atoms with Gasteiger partial charge in [0.1, 0.15) is 10.6 Å². The number of aromatic nitrogens is 2. The molecule has 0 aliphatic heterocycles. The Hall–Kier alpha value is -1.53. The molecule has 0 saturated carbocycles. The van der Waals surface area contributed by atoms with E-state index < -0.39 is 9.05 Å². The van der Waals surface area contributed by atoms with Crippen molar-refractivity contribution in [2.24, 2.45) is 0 Å². The molecule has 0 fully saturated rings. The maximum absolute atomic E-state index is 11.1. The predicted octanol–water partition coefficient (Wildman–Crippen LogP) is 2.06. The molecule has 0 atom stereocenters. The minimum absolute atomic E-state index is 0.0175. The van der Waals surface area contributed by atoms with Crippen molar-refractivity contribution in [1.82, 2.24) is 9.78 Å². The number of rotatable bonds is 5. The normalized spacial score (nSPS) is 11.5. The molecule has 1 aromatic carbocycles. The van der Waals surface area contributed by atoms with E-state index in [1.807, 2.05) is 24.3 Å². The maximum atomic E-state index is 11.1. The van der Waals surface area contributed by atoms with Crippen molar-refractivity contribution in [3.8, 4) is 5.75 Å². The number of hydrogen-bond acceptors (Lipinski definition) is 4. The monoisotopic (exact) mass is 300 g/mol. The van der Waals surface area contributed by atoms with Gasteiger partial charge in [0.2, 0.25) is 0 Å². The van der Waals surface area contributed by atoms with E-state index in [1.54, 1.807) is 11.8 Å². The third-order valence-electron chi connectivity index (χ3n) is 2.68. The Morgan fingerprint density at radius 1 is 1.32 bits per heavy atom. The number of methoxy groups -OCH3 is 1. The number of nitrogens with zero attached hydrogens (tertiary/aromatic N) is 2. The van der Waals surface area contributed by atoms with E-state index >= 15 is 0 Å². The highest BCUT2D eigenvalue weighted by molar-refractivity contribution is 8.13. The lowest BCUT2D eigenvalue weighted by Gasteiger charge is -2.03.